The zero-order valence-electron chi connectivity index (χ0n) is 15.0. The van der Waals surface area contributed by atoms with E-state index in [0.29, 0.717) is 24.9 Å². The lowest BCUT2D eigenvalue weighted by Gasteiger charge is -2.17. The van der Waals surface area contributed by atoms with Crippen molar-refractivity contribution in [1.29, 1.82) is 0 Å². The van der Waals surface area contributed by atoms with Crippen LogP contribution in [0.2, 0.25) is 0 Å². The molecule has 1 atom stereocenters. The van der Waals surface area contributed by atoms with Crippen molar-refractivity contribution in [3.8, 4) is 11.5 Å². The number of aryl methyl sites for hydroxylation is 1. The Morgan fingerprint density at radius 1 is 1.29 bits per heavy atom. The van der Waals surface area contributed by atoms with Crippen LogP contribution in [0.5, 0.6) is 11.5 Å². The summed E-state index contributed by atoms with van der Waals surface area (Å²) in [6.45, 7) is 7.37. The van der Waals surface area contributed by atoms with E-state index in [1.54, 1.807) is 7.11 Å². The minimum atomic E-state index is 0.0147. The summed E-state index contributed by atoms with van der Waals surface area (Å²) in [5.74, 6) is 2.83. The third-order valence-electron chi connectivity index (χ3n) is 3.81. The SMILES string of the molecule is CCCCOc1c(CNC(CC)c2nc(C)no2)cccc1OC. The summed E-state index contributed by atoms with van der Waals surface area (Å²) in [5.41, 5.74) is 1.06. The number of para-hydroxylation sites is 1. The van der Waals surface area contributed by atoms with Crippen LogP contribution in [0.25, 0.3) is 0 Å². The molecule has 0 saturated carbocycles. The van der Waals surface area contributed by atoms with Gasteiger partial charge in [0.1, 0.15) is 0 Å². The number of hydrogen-bond acceptors (Lipinski definition) is 6. The first-order valence-electron chi connectivity index (χ1n) is 8.51. The summed E-state index contributed by atoms with van der Waals surface area (Å²) < 4.78 is 16.7. The van der Waals surface area contributed by atoms with Crippen molar-refractivity contribution in [2.24, 2.45) is 0 Å². The zero-order chi connectivity index (χ0) is 17.4. The average molecular weight is 333 g/mol. The van der Waals surface area contributed by atoms with Gasteiger partial charge in [-0.2, -0.15) is 4.98 Å². The molecule has 0 aliphatic rings. The molecule has 0 aliphatic carbocycles. The summed E-state index contributed by atoms with van der Waals surface area (Å²) in [5, 5.41) is 7.33. The zero-order valence-corrected chi connectivity index (χ0v) is 15.0. The summed E-state index contributed by atoms with van der Waals surface area (Å²) in [7, 11) is 1.66. The minimum absolute atomic E-state index is 0.0147. The number of aromatic nitrogens is 2. The molecule has 6 nitrogen and oxygen atoms in total. The van der Waals surface area contributed by atoms with Gasteiger partial charge in [0.15, 0.2) is 17.3 Å². The van der Waals surface area contributed by atoms with Gasteiger partial charge in [-0.1, -0.05) is 37.6 Å². The molecule has 0 fully saturated rings. The molecule has 0 aliphatic heterocycles. The van der Waals surface area contributed by atoms with Gasteiger partial charge in [-0.15, -0.1) is 0 Å². The minimum Gasteiger partial charge on any atom is -0.493 e. The molecule has 132 valence electrons. The smallest absolute Gasteiger partial charge is 0.243 e. The quantitative estimate of drug-likeness (QED) is 0.667. The predicted molar refractivity (Wildman–Crippen MR) is 92.3 cm³/mol. The fourth-order valence-corrected chi connectivity index (χ4v) is 2.44. The van der Waals surface area contributed by atoms with Crippen LogP contribution in [0, 0.1) is 6.92 Å². The lowest BCUT2D eigenvalue weighted by molar-refractivity contribution is 0.282. The number of benzene rings is 1. The molecule has 24 heavy (non-hydrogen) atoms. The van der Waals surface area contributed by atoms with Gasteiger partial charge in [-0.25, -0.2) is 0 Å². The molecular weight excluding hydrogens is 306 g/mol. The second kappa shape index (κ2) is 9.27. The van der Waals surface area contributed by atoms with Crippen LogP contribution in [0.1, 0.15) is 56.4 Å². The van der Waals surface area contributed by atoms with Crippen LogP contribution in [0.15, 0.2) is 22.7 Å². The third kappa shape index (κ3) is 4.71. The highest BCUT2D eigenvalue weighted by atomic mass is 16.5. The van der Waals surface area contributed by atoms with Gasteiger partial charge in [0.2, 0.25) is 5.89 Å². The van der Waals surface area contributed by atoms with Crippen LogP contribution in [0.4, 0.5) is 0 Å². The molecule has 1 heterocycles. The van der Waals surface area contributed by atoms with Gasteiger partial charge >= 0.3 is 0 Å². The summed E-state index contributed by atoms with van der Waals surface area (Å²) in [6, 6.07) is 5.95. The Labute approximate surface area is 143 Å². The topological polar surface area (TPSA) is 69.4 Å². The number of rotatable bonds is 10. The highest BCUT2D eigenvalue weighted by Crippen LogP contribution is 2.31. The van der Waals surface area contributed by atoms with E-state index in [-0.39, 0.29) is 6.04 Å². The molecule has 1 N–H and O–H groups in total. The molecule has 1 aromatic carbocycles. The number of nitrogens with zero attached hydrogens (tertiary/aromatic N) is 2. The predicted octanol–water partition coefficient (Wildman–Crippen LogP) is 3.81. The van der Waals surface area contributed by atoms with Crippen LogP contribution >= 0.6 is 0 Å². The Morgan fingerprint density at radius 3 is 2.75 bits per heavy atom. The third-order valence-corrected chi connectivity index (χ3v) is 3.81. The van der Waals surface area contributed by atoms with Crippen LogP contribution in [-0.2, 0) is 6.54 Å². The van der Waals surface area contributed by atoms with Crippen LogP contribution < -0.4 is 14.8 Å². The summed E-state index contributed by atoms with van der Waals surface area (Å²) >= 11 is 0. The van der Waals surface area contributed by atoms with Crippen molar-refractivity contribution < 1.29 is 14.0 Å². The highest BCUT2D eigenvalue weighted by Gasteiger charge is 2.17. The number of ether oxygens (including phenoxy) is 2. The normalized spacial score (nSPS) is 12.2. The fraction of sp³-hybridized carbons (Fsp3) is 0.556. The Hall–Kier alpha value is -2.08. The lowest BCUT2D eigenvalue weighted by Crippen LogP contribution is -2.21. The molecule has 6 heteroatoms. The van der Waals surface area contributed by atoms with Gasteiger partial charge in [-0.05, 0) is 25.8 Å². The molecule has 2 rings (SSSR count). The number of hydrogen-bond donors (Lipinski definition) is 1. The van der Waals surface area contributed by atoms with Gasteiger partial charge < -0.3 is 19.3 Å². The van der Waals surface area contributed by atoms with E-state index in [1.807, 2.05) is 25.1 Å². The van der Waals surface area contributed by atoms with E-state index in [4.69, 9.17) is 14.0 Å². The molecule has 0 bridgehead atoms. The van der Waals surface area contributed by atoms with E-state index >= 15 is 0 Å². The first kappa shape index (κ1) is 18.3. The van der Waals surface area contributed by atoms with E-state index in [1.165, 1.54) is 0 Å². The molecule has 1 aromatic heterocycles. The van der Waals surface area contributed by atoms with Crippen molar-refractivity contribution in [1.82, 2.24) is 15.5 Å². The van der Waals surface area contributed by atoms with Crippen molar-refractivity contribution in [2.75, 3.05) is 13.7 Å². The maximum atomic E-state index is 5.96. The number of unbranched alkanes of at least 4 members (excludes halogenated alkanes) is 1. The second-order valence-electron chi connectivity index (χ2n) is 5.67. The maximum Gasteiger partial charge on any atom is 0.243 e. The van der Waals surface area contributed by atoms with Crippen LogP contribution in [0.3, 0.4) is 0 Å². The van der Waals surface area contributed by atoms with Crippen molar-refractivity contribution in [3.05, 3.63) is 35.5 Å². The first-order chi connectivity index (χ1) is 11.7. The average Bonchev–Trinajstić information content (AvgIpc) is 3.02. The van der Waals surface area contributed by atoms with Gasteiger partial charge in [-0.3, -0.25) is 0 Å². The van der Waals surface area contributed by atoms with E-state index in [2.05, 4.69) is 29.3 Å². The Balaban J connectivity index is 2.09. The second-order valence-corrected chi connectivity index (χ2v) is 5.67. The van der Waals surface area contributed by atoms with Gasteiger partial charge in [0, 0.05) is 12.1 Å². The van der Waals surface area contributed by atoms with Crippen molar-refractivity contribution >= 4 is 0 Å². The molecule has 2 aromatic rings. The van der Waals surface area contributed by atoms with E-state index in [9.17, 15) is 0 Å². The monoisotopic (exact) mass is 333 g/mol. The number of methoxy groups -OCH3 is 1. The van der Waals surface area contributed by atoms with Gasteiger partial charge in [0.05, 0.1) is 19.8 Å². The Kier molecular flexibility index (Phi) is 7.06. The first-order valence-corrected chi connectivity index (χ1v) is 8.51. The molecule has 1 unspecified atom stereocenters. The molecule has 0 radical (unpaired) electrons. The molecular formula is C18H27N3O3. The molecule has 0 saturated heterocycles. The molecule has 0 amide bonds. The summed E-state index contributed by atoms with van der Waals surface area (Å²) in [4.78, 5) is 4.31. The van der Waals surface area contributed by atoms with Gasteiger partial charge in [0.25, 0.3) is 0 Å². The summed E-state index contributed by atoms with van der Waals surface area (Å²) in [6.07, 6.45) is 2.97. The van der Waals surface area contributed by atoms with E-state index < -0.39 is 0 Å². The maximum absolute atomic E-state index is 5.96. The van der Waals surface area contributed by atoms with Crippen molar-refractivity contribution in [2.45, 2.75) is 52.6 Å². The van der Waals surface area contributed by atoms with Crippen LogP contribution in [-0.4, -0.2) is 23.9 Å². The standard InChI is InChI=1S/C18H27N3O3/c1-5-7-11-23-17-14(9-8-10-16(17)22-4)12-19-15(6-2)18-20-13(3)21-24-18/h8-10,15,19H,5-7,11-12H2,1-4H3. The highest BCUT2D eigenvalue weighted by molar-refractivity contribution is 5.46. The fourth-order valence-electron chi connectivity index (χ4n) is 2.44. The van der Waals surface area contributed by atoms with E-state index in [0.717, 1.165) is 36.3 Å². The van der Waals surface area contributed by atoms with Crippen molar-refractivity contribution in [3.63, 3.8) is 0 Å². The Bertz CT molecular complexity index is 628. The largest absolute Gasteiger partial charge is 0.493 e. The lowest BCUT2D eigenvalue weighted by atomic mass is 10.1. The Morgan fingerprint density at radius 2 is 2.12 bits per heavy atom. The number of nitrogens with one attached hydrogen (secondary N) is 1. The molecule has 0 spiro atoms.